The lowest BCUT2D eigenvalue weighted by Crippen LogP contribution is -2.22. The van der Waals surface area contributed by atoms with E-state index < -0.39 is 6.09 Å². The molecule has 16 heavy (non-hydrogen) atoms. The van der Waals surface area contributed by atoms with Crippen molar-refractivity contribution in [3.05, 3.63) is 29.6 Å². The highest BCUT2D eigenvalue weighted by Crippen LogP contribution is 2.16. The maximum absolute atomic E-state index is 13.0. The monoisotopic (exact) mass is 225 g/mol. The Balaban J connectivity index is 1.91. The summed E-state index contributed by atoms with van der Waals surface area (Å²) >= 11 is 0. The van der Waals surface area contributed by atoms with Crippen molar-refractivity contribution in [2.45, 2.75) is 13.0 Å². The van der Waals surface area contributed by atoms with Gasteiger partial charge in [-0.05, 0) is 24.6 Å². The van der Waals surface area contributed by atoms with Crippen LogP contribution in [0.1, 0.15) is 5.56 Å². The van der Waals surface area contributed by atoms with Gasteiger partial charge in [-0.1, -0.05) is 0 Å². The van der Waals surface area contributed by atoms with Crippen molar-refractivity contribution in [3.63, 3.8) is 0 Å². The molecule has 0 aliphatic carbocycles. The molecule has 1 N–H and O–H groups in total. The minimum absolute atomic E-state index is 0.224. The van der Waals surface area contributed by atoms with Crippen molar-refractivity contribution in [2.24, 2.45) is 0 Å². The number of halogens is 1. The number of hydrogen-bond acceptors (Lipinski definition) is 3. The molecule has 1 aliphatic heterocycles. The highest BCUT2D eigenvalue weighted by Gasteiger charge is 2.22. The van der Waals surface area contributed by atoms with Crippen LogP contribution in [0.15, 0.2) is 18.2 Å². The average Bonchev–Trinajstić information content (AvgIpc) is 2.60. The predicted octanol–water partition coefficient (Wildman–Crippen LogP) is 1.62. The van der Waals surface area contributed by atoms with Gasteiger partial charge in [-0.2, -0.15) is 0 Å². The zero-order valence-electron chi connectivity index (χ0n) is 8.83. The fourth-order valence-electron chi connectivity index (χ4n) is 1.50. The number of rotatable bonds is 3. The SMILES string of the molecule is Cc1cc(F)cc(OCC2CNC(=O)O2)c1. The summed E-state index contributed by atoms with van der Waals surface area (Å²) < 4.78 is 23.2. The molecule has 1 atom stereocenters. The number of amides is 1. The van der Waals surface area contributed by atoms with Gasteiger partial charge in [0.25, 0.3) is 0 Å². The van der Waals surface area contributed by atoms with Gasteiger partial charge in [0.1, 0.15) is 18.2 Å². The predicted molar refractivity (Wildman–Crippen MR) is 54.9 cm³/mol. The largest absolute Gasteiger partial charge is 0.490 e. The van der Waals surface area contributed by atoms with E-state index in [-0.39, 0.29) is 18.5 Å². The molecule has 4 nitrogen and oxygen atoms in total. The van der Waals surface area contributed by atoms with E-state index in [0.717, 1.165) is 5.56 Å². The number of hydrogen-bond donors (Lipinski definition) is 1. The molecule has 1 amide bonds. The van der Waals surface area contributed by atoms with Crippen LogP contribution in [0.25, 0.3) is 0 Å². The van der Waals surface area contributed by atoms with Gasteiger partial charge in [-0.25, -0.2) is 9.18 Å². The van der Waals surface area contributed by atoms with Gasteiger partial charge in [0, 0.05) is 6.07 Å². The minimum Gasteiger partial charge on any atom is -0.490 e. The molecule has 0 aromatic heterocycles. The third kappa shape index (κ3) is 2.62. The Kier molecular flexibility index (Phi) is 2.94. The van der Waals surface area contributed by atoms with Crippen LogP contribution >= 0.6 is 0 Å². The number of carbonyl (C=O) groups excluding carboxylic acids is 1. The minimum atomic E-state index is -0.441. The molecular formula is C11H12FNO3. The molecule has 1 heterocycles. The Labute approximate surface area is 92.4 Å². The summed E-state index contributed by atoms with van der Waals surface area (Å²) in [5, 5.41) is 2.51. The number of cyclic esters (lactones) is 1. The normalized spacial score (nSPS) is 19.1. The van der Waals surface area contributed by atoms with Crippen LogP contribution in [0.4, 0.5) is 9.18 Å². The molecule has 1 aromatic rings. The van der Waals surface area contributed by atoms with Gasteiger partial charge >= 0.3 is 6.09 Å². The zero-order chi connectivity index (χ0) is 11.5. The Morgan fingerprint density at radius 2 is 2.38 bits per heavy atom. The molecule has 1 saturated heterocycles. The van der Waals surface area contributed by atoms with Crippen molar-refractivity contribution in [1.82, 2.24) is 5.32 Å². The van der Waals surface area contributed by atoms with Gasteiger partial charge in [-0.3, -0.25) is 0 Å². The molecule has 5 heteroatoms. The molecule has 1 aliphatic rings. The lowest BCUT2D eigenvalue weighted by atomic mass is 10.2. The first kappa shape index (κ1) is 10.7. The van der Waals surface area contributed by atoms with E-state index in [1.54, 1.807) is 13.0 Å². The summed E-state index contributed by atoms with van der Waals surface area (Å²) in [5.74, 6) is 0.108. The first-order valence-corrected chi connectivity index (χ1v) is 4.98. The number of ether oxygens (including phenoxy) is 2. The molecule has 86 valence electrons. The quantitative estimate of drug-likeness (QED) is 0.850. The van der Waals surface area contributed by atoms with E-state index in [9.17, 15) is 9.18 Å². The Bertz CT molecular complexity index is 388. The second-order valence-corrected chi connectivity index (χ2v) is 3.68. The third-order valence-corrected chi connectivity index (χ3v) is 2.20. The number of carbonyl (C=O) groups is 1. The van der Waals surface area contributed by atoms with Gasteiger partial charge in [0.05, 0.1) is 6.54 Å². The van der Waals surface area contributed by atoms with Crippen molar-refractivity contribution in [2.75, 3.05) is 13.2 Å². The van der Waals surface area contributed by atoms with Crippen LogP contribution in [0, 0.1) is 12.7 Å². The van der Waals surface area contributed by atoms with E-state index >= 15 is 0 Å². The lowest BCUT2D eigenvalue weighted by molar-refractivity contribution is 0.104. The molecule has 0 saturated carbocycles. The summed E-state index contributed by atoms with van der Waals surface area (Å²) in [6.07, 6.45) is -0.750. The lowest BCUT2D eigenvalue weighted by Gasteiger charge is -2.10. The van der Waals surface area contributed by atoms with Crippen LogP contribution in [-0.2, 0) is 4.74 Å². The van der Waals surface area contributed by atoms with E-state index in [4.69, 9.17) is 9.47 Å². The smallest absolute Gasteiger partial charge is 0.407 e. The second kappa shape index (κ2) is 4.38. The van der Waals surface area contributed by atoms with Crippen LogP contribution in [0.5, 0.6) is 5.75 Å². The Morgan fingerprint density at radius 1 is 1.56 bits per heavy atom. The fourth-order valence-corrected chi connectivity index (χ4v) is 1.50. The second-order valence-electron chi connectivity index (χ2n) is 3.68. The number of aryl methyl sites for hydroxylation is 1. The maximum atomic E-state index is 13.0. The number of nitrogens with one attached hydrogen (secondary N) is 1. The number of alkyl carbamates (subject to hydrolysis) is 1. The first-order valence-electron chi connectivity index (χ1n) is 4.98. The molecule has 1 aromatic carbocycles. The first-order chi connectivity index (χ1) is 7.63. The van der Waals surface area contributed by atoms with Gasteiger partial charge in [0.15, 0.2) is 6.10 Å². The molecule has 0 radical (unpaired) electrons. The molecular weight excluding hydrogens is 213 g/mol. The standard InChI is InChI=1S/C11H12FNO3/c1-7-2-8(12)4-9(3-7)15-6-10-5-13-11(14)16-10/h2-4,10H,5-6H2,1H3,(H,13,14). The third-order valence-electron chi connectivity index (χ3n) is 2.20. The molecule has 0 spiro atoms. The Morgan fingerprint density at radius 3 is 3.00 bits per heavy atom. The van der Waals surface area contributed by atoms with Crippen molar-refractivity contribution in [1.29, 1.82) is 0 Å². The van der Waals surface area contributed by atoms with E-state index in [2.05, 4.69) is 5.32 Å². The van der Waals surface area contributed by atoms with Gasteiger partial charge < -0.3 is 14.8 Å². The molecule has 2 rings (SSSR count). The van der Waals surface area contributed by atoms with Crippen molar-refractivity contribution < 1.29 is 18.7 Å². The summed E-state index contributed by atoms with van der Waals surface area (Å²) in [6, 6.07) is 4.45. The van der Waals surface area contributed by atoms with Crippen LogP contribution in [0.2, 0.25) is 0 Å². The summed E-state index contributed by atoms with van der Waals surface area (Å²) in [6.45, 7) is 2.43. The zero-order valence-corrected chi connectivity index (χ0v) is 8.83. The van der Waals surface area contributed by atoms with Crippen LogP contribution in [0.3, 0.4) is 0 Å². The van der Waals surface area contributed by atoms with Crippen molar-refractivity contribution in [3.8, 4) is 5.75 Å². The highest BCUT2D eigenvalue weighted by molar-refractivity contribution is 5.69. The van der Waals surface area contributed by atoms with E-state index in [0.29, 0.717) is 12.3 Å². The molecule has 1 unspecified atom stereocenters. The maximum Gasteiger partial charge on any atom is 0.407 e. The summed E-state index contributed by atoms with van der Waals surface area (Å²) in [4.78, 5) is 10.7. The van der Waals surface area contributed by atoms with Gasteiger partial charge in [0.2, 0.25) is 0 Å². The average molecular weight is 225 g/mol. The number of benzene rings is 1. The van der Waals surface area contributed by atoms with E-state index in [1.807, 2.05) is 0 Å². The molecule has 1 fully saturated rings. The molecule has 0 bridgehead atoms. The Hall–Kier alpha value is -1.78. The fraction of sp³-hybridized carbons (Fsp3) is 0.364. The topological polar surface area (TPSA) is 47.6 Å². The highest BCUT2D eigenvalue weighted by atomic mass is 19.1. The van der Waals surface area contributed by atoms with E-state index in [1.165, 1.54) is 12.1 Å². The van der Waals surface area contributed by atoms with Crippen molar-refractivity contribution >= 4 is 6.09 Å². The van der Waals surface area contributed by atoms with Gasteiger partial charge in [-0.15, -0.1) is 0 Å². The summed E-state index contributed by atoms with van der Waals surface area (Å²) in [7, 11) is 0. The summed E-state index contributed by atoms with van der Waals surface area (Å²) in [5.41, 5.74) is 0.788. The van der Waals surface area contributed by atoms with Crippen LogP contribution in [-0.4, -0.2) is 25.3 Å². The van der Waals surface area contributed by atoms with Crippen LogP contribution < -0.4 is 10.1 Å².